The Kier molecular flexibility index (Phi) is 4.49. The number of hydrogen-bond acceptors (Lipinski definition) is 4. The summed E-state index contributed by atoms with van der Waals surface area (Å²) in [5.74, 6) is 1.56. The molecule has 4 rings (SSSR count). The highest BCUT2D eigenvalue weighted by Crippen LogP contribution is 2.39. The summed E-state index contributed by atoms with van der Waals surface area (Å²) < 4.78 is 11.5. The third-order valence-corrected chi connectivity index (χ3v) is 5.64. The number of rotatable bonds is 4. The smallest absolute Gasteiger partial charge is 0.253 e. The summed E-state index contributed by atoms with van der Waals surface area (Å²) in [6.45, 7) is 3.64. The predicted octanol–water partition coefficient (Wildman–Crippen LogP) is 4.29. The highest BCUT2D eigenvalue weighted by atomic mass is 32.1. The van der Waals surface area contributed by atoms with Gasteiger partial charge in [0.05, 0.1) is 18.2 Å². The largest absolute Gasteiger partial charge is 0.490 e. The van der Waals surface area contributed by atoms with Crippen molar-refractivity contribution in [3.8, 4) is 11.5 Å². The lowest BCUT2D eigenvalue weighted by Crippen LogP contribution is -2.33. The topological polar surface area (TPSA) is 38.8 Å². The molecule has 130 valence electrons. The summed E-state index contributed by atoms with van der Waals surface area (Å²) in [6.07, 6.45) is 4.03. The van der Waals surface area contributed by atoms with E-state index in [1.165, 1.54) is 4.88 Å². The molecule has 0 aliphatic carbocycles. The van der Waals surface area contributed by atoms with Crippen molar-refractivity contribution < 1.29 is 14.3 Å². The highest BCUT2D eigenvalue weighted by Gasteiger charge is 2.33. The van der Waals surface area contributed by atoms with Gasteiger partial charge in [0.15, 0.2) is 11.5 Å². The van der Waals surface area contributed by atoms with E-state index in [2.05, 4.69) is 17.5 Å². The van der Waals surface area contributed by atoms with Gasteiger partial charge in [-0.15, -0.1) is 11.3 Å². The number of hydrogen-bond donors (Lipinski definition) is 0. The molecule has 2 aliphatic heterocycles. The van der Waals surface area contributed by atoms with Gasteiger partial charge in [-0.25, -0.2) is 0 Å². The first kappa shape index (κ1) is 16.2. The molecule has 0 spiro atoms. The first-order chi connectivity index (χ1) is 12.3. The van der Waals surface area contributed by atoms with Crippen LogP contribution in [0, 0.1) is 0 Å². The molecule has 1 aromatic heterocycles. The zero-order chi connectivity index (χ0) is 17.2. The fourth-order valence-electron chi connectivity index (χ4n) is 3.54. The molecule has 1 amide bonds. The molecule has 1 unspecified atom stereocenters. The lowest BCUT2D eigenvalue weighted by Gasteiger charge is -2.27. The Morgan fingerprint density at radius 2 is 2.28 bits per heavy atom. The maximum atomic E-state index is 13.1. The van der Waals surface area contributed by atoms with Gasteiger partial charge < -0.3 is 14.4 Å². The van der Waals surface area contributed by atoms with Crippen LogP contribution in [-0.4, -0.2) is 30.6 Å². The van der Waals surface area contributed by atoms with E-state index in [0.29, 0.717) is 18.8 Å². The van der Waals surface area contributed by atoms with Crippen molar-refractivity contribution in [1.82, 2.24) is 4.90 Å². The van der Waals surface area contributed by atoms with Crippen LogP contribution in [0.3, 0.4) is 0 Å². The molecule has 0 bridgehead atoms. The van der Waals surface area contributed by atoms with Gasteiger partial charge in [0.1, 0.15) is 6.61 Å². The molecule has 1 saturated heterocycles. The molecule has 25 heavy (non-hydrogen) atoms. The molecule has 2 aromatic rings. The van der Waals surface area contributed by atoms with Crippen LogP contribution >= 0.6 is 11.3 Å². The second-order valence-electron chi connectivity index (χ2n) is 6.24. The Morgan fingerprint density at radius 1 is 1.36 bits per heavy atom. The third-order valence-electron chi connectivity index (χ3n) is 4.67. The number of carbonyl (C=O) groups is 1. The van der Waals surface area contributed by atoms with Crippen LogP contribution in [0.2, 0.25) is 0 Å². The van der Waals surface area contributed by atoms with Crippen molar-refractivity contribution in [3.63, 3.8) is 0 Å². The van der Waals surface area contributed by atoms with E-state index in [1.54, 1.807) is 11.3 Å². The fourth-order valence-corrected chi connectivity index (χ4v) is 4.42. The van der Waals surface area contributed by atoms with Crippen LogP contribution < -0.4 is 9.47 Å². The molecule has 1 atom stereocenters. The molecule has 5 heteroatoms. The monoisotopic (exact) mass is 355 g/mol. The SMILES string of the molecule is CCOc1cccc2c1OCC(C(=O)N1CCCC1c1cccs1)=C2. The van der Waals surface area contributed by atoms with Crippen molar-refractivity contribution >= 4 is 23.3 Å². The second kappa shape index (κ2) is 6.92. The van der Waals surface area contributed by atoms with Crippen molar-refractivity contribution in [1.29, 1.82) is 0 Å². The normalized spacial score (nSPS) is 19.2. The van der Waals surface area contributed by atoms with E-state index >= 15 is 0 Å². The minimum Gasteiger partial charge on any atom is -0.490 e. The molecule has 1 aromatic carbocycles. The number of fused-ring (bicyclic) bond motifs is 1. The number of carbonyl (C=O) groups excluding carboxylic acids is 1. The molecule has 1 fully saturated rings. The summed E-state index contributed by atoms with van der Waals surface area (Å²) in [6, 6.07) is 10.2. The first-order valence-corrected chi connectivity index (χ1v) is 9.59. The number of benzene rings is 1. The van der Waals surface area contributed by atoms with Gasteiger partial charge in [-0.05, 0) is 43.4 Å². The Morgan fingerprint density at radius 3 is 3.08 bits per heavy atom. The van der Waals surface area contributed by atoms with Crippen molar-refractivity contribution in [2.24, 2.45) is 0 Å². The number of thiophene rings is 1. The Labute approximate surface area is 151 Å². The predicted molar refractivity (Wildman–Crippen MR) is 99.1 cm³/mol. The van der Waals surface area contributed by atoms with Gasteiger partial charge in [0, 0.05) is 17.0 Å². The first-order valence-electron chi connectivity index (χ1n) is 8.71. The molecular formula is C20H21NO3S. The van der Waals surface area contributed by atoms with Crippen LogP contribution in [0.25, 0.3) is 6.08 Å². The minimum absolute atomic E-state index is 0.0864. The maximum absolute atomic E-state index is 13.1. The molecule has 0 radical (unpaired) electrons. The Hall–Kier alpha value is -2.27. The second-order valence-corrected chi connectivity index (χ2v) is 7.22. The lowest BCUT2D eigenvalue weighted by molar-refractivity contribution is -0.128. The van der Waals surface area contributed by atoms with E-state index in [1.807, 2.05) is 36.1 Å². The quantitative estimate of drug-likeness (QED) is 0.821. The number of nitrogens with zero attached hydrogens (tertiary/aromatic N) is 1. The number of amides is 1. The van der Waals surface area contributed by atoms with E-state index in [0.717, 1.165) is 36.4 Å². The zero-order valence-electron chi connectivity index (χ0n) is 14.2. The summed E-state index contributed by atoms with van der Waals surface area (Å²) in [7, 11) is 0. The summed E-state index contributed by atoms with van der Waals surface area (Å²) in [4.78, 5) is 16.3. The number of ether oxygens (including phenoxy) is 2. The molecule has 4 nitrogen and oxygen atoms in total. The van der Waals surface area contributed by atoms with Gasteiger partial charge >= 0.3 is 0 Å². The average Bonchev–Trinajstić information content (AvgIpc) is 3.32. The van der Waals surface area contributed by atoms with Gasteiger partial charge in [-0.2, -0.15) is 0 Å². The number of para-hydroxylation sites is 1. The minimum atomic E-state index is 0.0864. The third kappa shape index (κ3) is 3.04. The zero-order valence-corrected chi connectivity index (χ0v) is 15.1. The maximum Gasteiger partial charge on any atom is 0.253 e. The van der Waals surface area contributed by atoms with E-state index in [-0.39, 0.29) is 11.9 Å². The van der Waals surface area contributed by atoms with Crippen LogP contribution in [0.5, 0.6) is 11.5 Å². The summed E-state index contributed by atoms with van der Waals surface area (Å²) in [5, 5.41) is 2.07. The van der Waals surface area contributed by atoms with Crippen molar-refractivity contribution in [2.75, 3.05) is 19.8 Å². The molecule has 0 N–H and O–H groups in total. The molecule has 3 heterocycles. The van der Waals surface area contributed by atoms with E-state index in [9.17, 15) is 4.79 Å². The standard InChI is InChI=1S/C20H21NO3S/c1-2-23-17-8-3-6-14-12-15(13-24-19(14)17)20(22)21-10-4-7-16(21)18-9-5-11-25-18/h3,5-6,8-9,11-12,16H,2,4,7,10,13H2,1H3. The average molecular weight is 355 g/mol. The van der Waals surface area contributed by atoms with Crippen LogP contribution in [0.1, 0.15) is 36.2 Å². The van der Waals surface area contributed by atoms with E-state index in [4.69, 9.17) is 9.47 Å². The summed E-state index contributed by atoms with van der Waals surface area (Å²) in [5.41, 5.74) is 1.62. The van der Waals surface area contributed by atoms with Crippen LogP contribution in [0.15, 0.2) is 41.3 Å². The Bertz CT molecular complexity index is 797. The van der Waals surface area contributed by atoms with Gasteiger partial charge in [-0.3, -0.25) is 4.79 Å². The number of likely N-dealkylation sites (tertiary alicyclic amines) is 1. The molecule has 0 saturated carbocycles. The van der Waals surface area contributed by atoms with Crippen LogP contribution in [-0.2, 0) is 4.79 Å². The van der Waals surface area contributed by atoms with Crippen molar-refractivity contribution in [2.45, 2.75) is 25.8 Å². The van der Waals surface area contributed by atoms with Gasteiger partial charge in [0.25, 0.3) is 5.91 Å². The summed E-state index contributed by atoms with van der Waals surface area (Å²) >= 11 is 1.72. The van der Waals surface area contributed by atoms with Crippen molar-refractivity contribution in [3.05, 3.63) is 51.7 Å². The van der Waals surface area contributed by atoms with Gasteiger partial charge in [-0.1, -0.05) is 18.2 Å². The molecule has 2 aliphatic rings. The Balaban J connectivity index is 1.60. The lowest BCUT2D eigenvalue weighted by atomic mass is 10.1. The van der Waals surface area contributed by atoms with Gasteiger partial charge in [0.2, 0.25) is 0 Å². The van der Waals surface area contributed by atoms with E-state index < -0.39 is 0 Å². The molecular weight excluding hydrogens is 334 g/mol. The highest BCUT2D eigenvalue weighted by molar-refractivity contribution is 7.10. The van der Waals surface area contributed by atoms with Crippen LogP contribution in [0.4, 0.5) is 0 Å². The fraction of sp³-hybridized carbons (Fsp3) is 0.350.